The lowest BCUT2D eigenvalue weighted by Crippen LogP contribution is -2.13. The third-order valence-corrected chi connectivity index (χ3v) is 3.99. The smallest absolute Gasteiger partial charge is 0.137 e. The number of hydrogen-bond acceptors (Lipinski definition) is 4. The normalized spacial score (nSPS) is 11.8. The summed E-state index contributed by atoms with van der Waals surface area (Å²) in [5.74, 6) is 2.00. The Morgan fingerprint density at radius 1 is 1.21 bits per heavy atom. The van der Waals surface area contributed by atoms with Gasteiger partial charge < -0.3 is 5.32 Å². The second kappa shape index (κ2) is 5.78. The standard InChI is InChI=1S/C15H21N3S/c1-11-5-6-13-12(9-11)14(18-10-17-13)16-7-8-19-15(2,3)4/h5-6,9-10H,7-8H2,1-4H3,(H,16,17,18). The van der Waals surface area contributed by atoms with Crippen LogP contribution in [0.15, 0.2) is 24.5 Å². The van der Waals surface area contributed by atoms with Crippen molar-refractivity contribution in [1.82, 2.24) is 9.97 Å². The van der Waals surface area contributed by atoms with Gasteiger partial charge in [0.05, 0.1) is 5.52 Å². The Morgan fingerprint density at radius 2 is 2.00 bits per heavy atom. The predicted molar refractivity (Wildman–Crippen MR) is 85.0 cm³/mol. The fraction of sp³-hybridized carbons (Fsp3) is 0.467. The maximum Gasteiger partial charge on any atom is 0.137 e. The topological polar surface area (TPSA) is 37.8 Å². The maximum absolute atomic E-state index is 4.35. The van der Waals surface area contributed by atoms with Gasteiger partial charge in [0.2, 0.25) is 0 Å². The van der Waals surface area contributed by atoms with Crippen molar-refractivity contribution in [2.45, 2.75) is 32.4 Å². The van der Waals surface area contributed by atoms with E-state index in [1.54, 1.807) is 6.33 Å². The first kappa shape index (κ1) is 14.1. The highest BCUT2D eigenvalue weighted by molar-refractivity contribution is 8.00. The lowest BCUT2D eigenvalue weighted by molar-refractivity contribution is 0.802. The Hall–Kier alpha value is -1.29. The summed E-state index contributed by atoms with van der Waals surface area (Å²) < 4.78 is 0.312. The molecule has 0 amide bonds. The third kappa shape index (κ3) is 4.10. The number of benzene rings is 1. The molecule has 19 heavy (non-hydrogen) atoms. The van der Waals surface area contributed by atoms with Gasteiger partial charge in [-0.25, -0.2) is 9.97 Å². The van der Waals surface area contributed by atoms with Crippen LogP contribution in [0.2, 0.25) is 0 Å². The minimum absolute atomic E-state index is 0.312. The summed E-state index contributed by atoms with van der Waals surface area (Å²) in [5, 5.41) is 4.52. The van der Waals surface area contributed by atoms with Crippen molar-refractivity contribution in [1.29, 1.82) is 0 Å². The largest absolute Gasteiger partial charge is 0.369 e. The molecule has 0 aliphatic carbocycles. The first-order valence-corrected chi connectivity index (χ1v) is 7.53. The molecule has 0 fully saturated rings. The minimum Gasteiger partial charge on any atom is -0.369 e. The summed E-state index contributed by atoms with van der Waals surface area (Å²) in [5.41, 5.74) is 2.22. The second-order valence-electron chi connectivity index (χ2n) is 5.63. The van der Waals surface area contributed by atoms with Gasteiger partial charge in [0.15, 0.2) is 0 Å². The molecule has 1 N–H and O–H groups in total. The molecule has 4 heteroatoms. The number of hydrogen-bond donors (Lipinski definition) is 1. The Bertz CT molecular complexity index is 561. The molecule has 1 heterocycles. The minimum atomic E-state index is 0.312. The van der Waals surface area contributed by atoms with Crippen LogP contribution in [-0.2, 0) is 0 Å². The SMILES string of the molecule is Cc1ccc2ncnc(NCCSC(C)(C)C)c2c1. The highest BCUT2D eigenvalue weighted by atomic mass is 32.2. The first-order chi connectivity index (χ1) is 8.96. The summed E-state index contributed by atoms with van der Waals surface area (Å²) in [7, 11) is 0. The van der Waals surface area contributed by atoms with E-state index in [9.17, 15) is 0 Å². The van der Waals surface area contributed by atoms with Crippen molar-refractivity contribution in [3.63, 3.8) is 0 Å². The van der Waals surface area contributed by atoms with Crippen LogP contribution in [0.5, 0.6) is 0 Å². The predicted octanol–water partition coefficient (Wildman–Crippen LogP) is 3.88. The third-order valence-electron chi connectivity index (χ3n) is 2.72. The Labute approximate surface area is 119 Å². The van der Waals surface area contributed by atoms with Crippen LogP contribution in [0.4, 0.5) is 5.82 Å². The molecule has 102 valence electrons. The molecular weight excluding hydrogens is 254 g/mol. The van der Waals surface area contributed by atoms with Crippen molar-refractivity contribution >= 4 is 28.5 Å². The van der Waals surface area contributed by atoms with Gasteiger partial charge in [-0.2, -0.15) is 11.8 Å². The van der Waals surface area contributed by atoms with E-state index in [1.165, 1.54) is 5.56 Å². The van der Waals surface area contributed by atoms with Crippen LogP contribution in [-0.4, -0.2) is 27.0 Å². The number of aryl methyl sites for hydroxylation is 1. The van der Waals surface area contributed by atoms with Gasteiger partial charge in [-0.05, 0) is 19.1 Å². The molecule has 0 saturated carbocycles. The van der Waals surface area contributed by atoms with Crippen molar-refractivity contribution < 1.29 is 0 Å². The number of nitrogens with zero attached hydrogens (tertiary/aromatic N) is 2. The highest BCUT2D eigenvalue weighted by Crippen LogP contribution is 2.23. The highest BCUT2D eigenvalue weighted by Gasteiger charge is 2.10. The van der Waals surface area contributed by atoms with Crippen LogP contribution >= 0.6 is 11.8 Å². The van der Waals surface area contributed by atoms with Gasteiger partial charge in [-0.15, -0.1) is 0 Å². The summed E-state index contributed by atoms with van der Waals surface area (Å²) >= 11 is 1.96. The molecule has 1 aromatic carbocycles. The van der Waals surface area contributed by atoms with Crippen molar-refractivity contribution in [2.75, 3.05) is 17.6 Å². The number of nitrogens with one attached hydrogen (secondary N) is 1. The van der Waals surface area contributed by atoms with Crippen LogP contribution in [0.1, 0.15) is 26.3 Å². The van der Waals surface area contributed by atoms with Gasteiger partial charge in [-0.1, -0.05) is 32.4 Å². The fourth-order valence-electron chi connectivity index (χ4n) is 1.84. The number of aromatic nitrogens is 2. The molecule has 0 spiro atoms. The fourth-order valence-corrected chi connectivity index (χ4v) is 2.65. The maximum atomic E-state index is 4.35. The second-order valence-corrected chi connectivity index (χ2v) is 7.55. The molecule has 3 nitrogen and oxygen atoms in total. The van der Waals surface area contributed by atoms with Gasteiger partial charge in [0.1, 0.15) is 12.1 Å². The monoisotopic (exact) mass is 275 g/mol. The average Bonchev–Trinajstić information content (AvgIpc) is 2.33. The molecule has 1 aromatic heterocycles. The summed E-state index contributed by atoms with van der Waals surface area (Å²) in [6.45, 7) is 9.72. The molecule has 2 aromatic rings. The number of rotatable bonds is 4. The van der Waals surface area contributed by atoms with E-state index in [0.29, 0.717) is 4.75 Å². The van der Waals surface area contributed by atoms with Gasteiger partial charge in [0, 0.05) is 22.4 Å². The summed E-state index contributed by atoms with van der Waals surface area (Å²) in [6.07, 6.45) is 1.62. The van der Waals surface area contributed by atoms with Crippen LogP contribution in [0, 0.1) is 6.92 Å². The number of thioether (sulfide) groups is 1. The van der Waals surface area contributed by atoms with Gasteiger partial charge >= 0.3 is 0 Å². The molecule has 0 unspecified atom stereocenters. The van der Waals surface area contributed by atoms with E-state index >= 15 is 0 Å². The Balaban J connectivity index is 2.06. The molecule has 0 aliphatic rings. The first-order valence-electron chi connectivity index (χ1n) is 6.55. The van der Waals surface area contributed by atoms with Gasteiger partial charge in [-0.3, -0.25) is 0 Å². The van der Waals surface area contributed by atoms with Crippen molar-refractivity contribution in [3.05, 3.63) is 30.1 Å². The van der Waals surface area contributed by atoms with Crippen molar-refractivity contribution in [2.24, 2.45) is 0 Å². The molecule has 0 radical (unpaired) electrons. The molecule has 0 saturated heterocycles. The lowest BCUT2D eigenvalue weighted by atomic mass is 10.1. The van der Waals surface area contributed by atoms with E-state index < -0.39 is 0 Å². The van der Waals surface area contributed by atoms with E-state index in [4.69, 9.17) is 0 Å². The zero-order valence-electron chi connectivity index (χ0n) is 12.0. The Morgan fingerprint density at radius 3 is 2.74 bits per heavy atom. The zero-order valence-corrected chi connectivity index (χ0v) is 12.8. The van der Waals surface area contributed by atoms with Crippen LogP contribution < -0.4 is 5.32 Å². The molecule has 2 rings (SSSR count). The van der Waals surface area contributed by atoms with Crippen molar-refractivity contribution in [3.8, 4) is 0 Å². The van der Waals surface area contributed by atoms with Crippen LogP contribution in [0.3, 0.4) is 0 Å². The average molecular weight is 275 g/mol. The van der Waals surface area contributed by atoms with E-state index in [2.05, 4.69) is 55.1 Å². The van der Waals surface area contributed by atoms with E-state index in [1.807, 2.05) is 17.8 Å². The van der Waals surface area contributed by atoms with E-state index in [-0.39, 0.29) is 0 Å². The van der Waals surface area contributed by atoms with Crippen LogP contribution in [0.25, 0.3) is 10.9 Å². The quantitative estimate of drug-likeness (QED) is 0.859. The number of anilines is 1. The molecular formula is C15H21N3S. The van der Waals surface area contributed by atoms with Gasteiger partial charge in [0.25, 0.3) is 0 Å². The van der Waals surface area contributed by atoms with E-state index in [0.717, 1.165) is 29.0 Å². The molecule has 0 aliphatic heterocycles. The lowest BCUT2D eigenvalue weighted by Gasteiger charge is -2.17. The molecule has 0 atom stereocenters. The summed E-state index contributed by atoms with van der Waals surface area (Å²) in [6, 6.07) is 6.25. The Kier molecular flexibility index (Phi) is 4.30. The zero-order chi connectivity index (χ0) is 13.9. The number of fused-ring (bicyclic) bond motifs is 1. The molecule has 0 bridgehead atoms. The summed E-state index contributed by atoms with van der Waals surface area (Å²) in [4.78, 5) is 8.64.